The first-order valence-electron chi connectivity index (χ1n) is 6.08. The van der Waals surface area contributed by atoms with Crippen LogP contribution in [0.5, 0.6) is 5.75 Å². The van der Waals surface area contributed by atoms with Gasteiger partial charge in [-0.1, -0.05) is 15.9 Å². The highest BCUT2D eigenvalue weighted by atomic mass is 79.9. The van der Waals surface area contributed by atoms with Gasteiger partial charge < -0.3 is 9.47 Å². The van der Waals surface area contributed by atoms with Gasteiger partial charge in [-0.2, -0.15) is 0 Å². The van der Waals surface area contributed by atoms with Crippen LogP contribution in [0.15, 0.2) is 22.7 Å². The van der Waals surface area contributed by atoms with Crippen molar-refractivity contribution in [2.45, 2.75) is 25.9 Å². The fourth-order valence-corrected chi connectivity index (χ4v) is 2.77. The molecule has 1 aromatic carbocycles. The van der Waals surface area contributed by atoms with Crippen LogP contribution in [-0.4, -0.2) is 25.6 Å². The number of halogens is 1. The van der Waals surface area contributed by atoms with Crippen LogP contribution < -0.4 is 4.74 Å². The highest BCUT2D eigenvalue weighted by molar-refractivity contribution is 9.10. The van der Waals surface area contributed by atoms with E-state index in [0.29, 0.717) is 13.0 Å². The minimum Gasteiger partial charge on any atom is -0.496 e. The van der Waals surface area contributed by atoms with Crippen molar-refractivity contribution in [1.29, 1.82) is 0 Å². The van der Waals surface area contributed by atoms with Crippen LogP contribution in [0.1, 0.15) is 18.9 Å². The zero-order valence-electron chi connectivity index (χ0n) is 10.6. The van der Waals surface area contributed by atoms with E-state index in [2.05, 4.69) is 15.9 Å². The maximum absolute atomic E-state index is 12.3. The van der Waals surface area contributed by atoms with Crippen molar-refractivity contribution >= 4 is 21.7 Å². The smallest absolute Gasteiger partial charge is 0.143 e. The highest BCUT2D eigenvalue weighted by Gasteiger charge is 2.30. The maximum Gasteiger partial charge on any atom is 0.143 e. The van der Waals surface area contributed by atoms with Crippen LogP contribution >= 0.6 is 15.9 Å². The molecule has 3 nitrogen and oxygen atoms in total. The van der Waals surface area contributed by atoms with Gasteiger partial charge in [0.2, 0.25) is 0 Å². The van der Waals surface area contributed by atoms with Gasteiger partial charge >= 0.3 is 0 Å². The number of hydrogen-bond acceptors (Lipinski definition) is 3. The molecule has 0 saturated carbocycles. The Bertz CT molecular complexity index is 445. The highest BCUT2D eigenvalue weighted by Crippen LogP contribution is 2.27. The topological polar surface area (TPSA) is 35.5 Å². The van der Waals surface area contributed by atoms with E-state index in [9.17, 15) is 4.79 Å². The van der Waals surface area contributed by atoms with Crippen molar-refractivity contribution in [3.8, 4) is 5.75 Å². The fourth-order valence-electron chi connectivity index (χ4n) is 2.36. The number of rotatable bonds is 4. The summed E-state index contributed by atoms with van der Waals surface area (Å²) in [6.07, 6.45) is 1.27. The molecule has 0 amide bonds. The quantitative estimate of drug-likeness (QED) is 0.857. The molecule has 1 aliphatic rings. The van der Waals surface area contributed by atoms with Gasteiger partial charge in [-0.15, -0.1) is 0 Å². The molecule has 1 saturated heterocycles. The van der Waals surface area contributed by atoms with Gasteiger partial charge in [-0.3, -0.25) is 4.79 Å². The number of ketones is 1. The SMILES string of the molecule is COc1ccc(Br)cc1CC(=O)C1CCOC1C. The minimum atomic E-state index is 0.0219. The summed E-state index contributed by atoms with van der Waals surface area (Å²) in [5, 5.41) is 0. The Morgan fingerprint density at radius 3 is 2.94 bits per heavy atom. The van der Waals surface area contributed by atoms with Gasteiger partial charge in [0.15, 0.2) is 0 Å². The van der Waals surface area contributed by atoms with E-state index in [4.69, 9.17) is 9.47 Å². The molecule has 0 N–H and O–H groups in total. The van der Waals surface area contributed by atoms with Crippen LogP contribution in [0, 0.1) is 5.92 Å². The summed E-state index contributed by atoms with van der Waals surface area (Å²) in [5.41, 5.74) is 0.927. The first-order valence-corrected chi connectivity index (χ1v) is 6.88. The van der Waals surface area contributed by atoms with Gasteiger partial charge in [0, 0.05) is 29.0 Å². The first-order chi connectivity index (χ1) is 8.61. The van der Waals surface area contributed by atoms with Crippen molar-refractivity contribution in [2.75, 3.05) is 13.7 Å². The summed E-state index contributed by atoms with van der Waals surface area (Å²) in [6, 6.07) is 5.73. The maximum atomic E-state index is 12.3. The average Bonchev–Trinajstić information content (AvgIpc) is 2.76. The van der Waals surface area contributed by atoms with Gasteiger partial charge in [-0.25, -0.2) is 0 Å². The third-order valence-corrected chi connectivity index (χ3v) is 3.89. The summed E-state index contributed by atoms with van der Waals surface area (Å²) in [6.45, 7) is 2.65. The third-order valence-electron chi connectivity index (χ3n) is 3.40. The molecule has 1 fully saturated rings. The standard InChI is InChI=1S/C14H17BrO3/c1-9-12(5-6-18-9)13(16)8-10-7-11(15)3-4-14(10)17-2/h3-4,7,9,12H,5-6,8H2,1-2H3. The summed E-state index contributed by atoms with van der Waals surface area (Å²) in [5.74, 6) is 1.02. The predicted molar refractivity (Wildman–Crippen MR) is 72.9 cm³/mol. The minimum absolute atomic E-state index is 0.0219. The molecule has 2 rings (SSSR count). The number of methoxy groups -OCH3 is 1. The summed E-state index contributed by atoms with van der Waals surface area (Å²) in [7, 11) is 1.62. The second-order valence-corrected chi connectivity index (χ2v) is 5.49. The molecular formula is C14H17BrO3. The van der Waals surface area contributed by atoms with Crippen molar-refractivity contribution in [3.63, 3.8) is 0 Å². The average molecular weight is 313 g/mol. The number of benzene rings is 1. The Kier molecular flexibility index (Phi) is 4.40. The lowest BCUT2D eigenvalue weighted by Gasteiger charge is -2.14. The number of hydrogen-bond donors (Lipinski definition) is 0. The predicted octanol–water partition coefficient (Wildman–Crippen LogP) is 2.99. The monoisotopic (exact) mass is 312 g/mol. The lowest BCUT2D eigenvalue weighted by atomic mass is 9.92. The van der Waals surface area contributed by atoms with E-state index in [1.54, 1.807) is 7.11 Å². The fraction of sp³-hybridized carbons (Fsp3) is 0.500. The Morgan fingerprint density at radius 2 is 2.33 bits per heavy atom. The van der Waals surface area contributed by atoms with E-state index < -0.39 is 0 Å². The molecule has 4 heteroatoms. The number of carbonyl (C=O) groups is 1. The van der Waals surface area contributed by atoms with Gasteiger partial charge in [0.05, 0.1) is 13.2 Å². The summed E-state index contributed by atoms with van der Waals surface area (Å²) >= 11 is 3.42. The second-order valence-electron chi connectivity index (χ2n) is 4.57. The van der Waals surface area contributed by atoms with Crippen LogP contribution in [-0.2, 0) is 16.0 Å². The normalized spacial score (nSPS) is 23.1. The molecule has 1 aromatic rings. The van der Waals surface area contributed by atoms with Crippen molar-refractivity contribution in [1.82, 2.24) is 0 Å². The largest absolute Gasteiger partial charge is 0.496 e. The van der Waals surface area contributed by atoms with E-state index in [-0.39, 0.29) is 17.8 Å². The molecule has 1 aliphatic heterocycles. The number of ether oxygens (including phenoxy) is 2. The zero-order chi connectivity index (χ0) is 13.1. The third kappa shape index (κ3) is 2.93. The first kappa shape index (κ1) is 13.6. The lowest BCUT2D eigenvalue weighted by molar-refractivity contribution is -0.123. The molecule has 98 valence electrons. The van der Waals surface area contributed by atoms with E-state index in [1.807, 2.05) is 25.1 Å². The number of carbonyl (C=O) groups excluding carboxylic acids is 1. The zero-order valence-corrected chi connectivity index (χ0v) is 12.2. The van der Waals surface area contributed by atoms with E-state index >= 15 is 0 Å². The van der Waals surface area contributed by atoms with Crippen LogP contribution in [0.25, 0.3) is 0 Å². The Labute approximate surface area is 116 Å². The molecule has 1 heterocycles. The molecular weight excluding hydrogens is 296 g/mol. The molecule has 0 bridgehead atoms. The van der Waals surface area contributed by atoms with Gasteiger partial charge in [-0.05, 0) is 31.5 Å². The Balaban J connectivity index is 2.13. The Hall–Kier alpha value is -0.870. The van der Waals surface area contributed by atoms with E-state index in [1.165, 1.54) is 0 Å². The van der Waals surface area contributed by atoms with Crippen molar-refractivity contribution in [2.24, 2.45) is 5.92 Å². The molecule has 18 heavy (non-hydrogen) atoms. The van der Waals surface area contributed by atoms with Crippen LogP contribution in [0.2, 0.25) is 0 Å². The summed E-state index contributed by atoms with van der Waals surface area (Å²) < 4.78 is 11.7. The van der Waals surface area contributed by atoms with Crippen molar-refractivity contribution in [3.05, 3.63) is 28.2 Å². The summed E-state index contributed by atoms with van der Waals surface area (Å²) in [4.78, 5) is 12.3. The molecule has 0 radical (unpaired) electrons. The molecule has 2 unspecified atom stereocenters. The molecule has 0 aromatic heterocycles. The van der Waals surface area contributed by atoms with Gasteiger partial charge in [0.1, 0.15) is 11.5 Å². The molecule has 0 aliphatic carbocycles. The van der Waals surface area contributed by atoms with Crippen LogP contribution in [0.4, 0.5) is 0 Å². The lowest BCUT2D eigenvalue weighted by Crippen LogP contribution is -2.23. The number of Topliss-reactive ketones (excluding diaryl/α,β-unsaturated/α-hetero) is 1. The van der Waals surface area contributed by atoms with Gasteiger partial charge in [0.25, 0.3) is 0 Å². The van der Waals surface area contributed by atoms with Crippen LogP contribution in [0.3, 0.4) is 0 Å². The molecule has 0 spiro atoms. The Morgan fingerprint density at radius 1 is 1.56 bits per heavy atom. The van der Waals surface area contributed by atoms with Crippen molar-refractivity contribution < 1.29 is 14.3 Å². The molecule has 2 atom stereocenters. The van der Waals surface area contributed by atoms with E-state index in [0.717, 1.165) is 22.2 Å². The second kappa shape index (κ2) is 5.85.